The van der Waals surface area contributed by atoms with E-state index in [0.717, 1.165) is 16.9 Å². The molecule has 3 rings (SSSR count). The number of hydrogen-bond acceptors (Lipinski definition) is 4. The van der Waals surface area contributed by atoms with Gasteiger partial charge in [-0.2, -0.15) is 10.2 Å². The molecule has 0 fully saturated rings. The normalized spacial score (nSPS) is 10.8. The van der Waals surface area contributed by atoms with Crippen LogP contribution in [0.15, 0.2) is 59.7 Å². The number of carbonyl (C=O) groups is 1. The highest BCUT2D eigenvalue weighted by atomic mass is 35.5. The first-order valence-electron chi connectivity index (χ1n) is 8.03. The quantitative estimate of drug-likeness (QED) is 0.511. The van der Waals surface area contributed by atoms with Crippen LogP contribution < -0.4 is 10.2 Å². The number of hydrogen-bond donors (Lipinski definition) is 2. The molecule has 0 bridgehead atoms. The summed E-state index contributed by atoms with van der Waals surface area (Å²) in [6, 6.07) is 16.3. The molecule has 7 heteroatoms. The lowest BCUT2D eigenvalue weighted by molar-refractivity contribution is 0.0950. The molecule has 3 aromatic rings. The van der Waals surface area contributed by atoms with Crippen molar-refractivity contribution in [3.8, 4) is 17.0 Å². The molecule has 0 aliphatic rings. The van der Waals surface area contributed by atoms with E-state index in [9.17, 15) is 4.79 Å². The van der Waals surface area contributed by atoms with Gasteiger partial charge in [-0.05, 0) is 55.0 Å². The molecule has 0 spiro atoms. The lowest BCUT2D eigenvalue weighted by atomic mass is 10.1. The van der Waals surface area contributed by atoms with Crippen LogP contribution >= 0.6 is 11.6 Å². The molecule has 1 aromatic heterocycles. The van der Waals surface area contributed by atoms with Gasteiger partial charge in [0.05, 0.1) is 18.5 Å². The summed E-state index contributed by atoms with van der Waals surface area (Å²) in [5.74, 6) is 0.418. The first-order valence-corrected chi connectivity index (χ1v) is 8.41. The van der Waals surface area contributed by atoms with Crippen LogP contribution in [0.2, 0.25) is 5.02 Å². The van der Waals surface area contributed by atoms with E-state index in [2.05, 4.69) is 20.7 Å². The summed E-state index contributed by atoms with van der Waals surface area (Å²) in [5, 5.41) is 11.5. The van der Waals surface area contributed by atoms with Crippen molar-refractivity contribution >= 4 is 23.7 Å². The number of halogens is 1. The van der Waals surface area contributed by atoms with Crippen LogP contribution in [0.3, 0.4) is 0 Å². The van der Waals surface area contributed by atoms with E-state index in [1.165, 1.54) is 6.21 Å². The first-order chi connectivity index (χ1) is 12.7. The van der Waals surface area contributed by atoms with Crippen LogP contribution in [0.25, 0.3) is 11.3 Å². The Morgan fingerprint density at radius 3 is 2.65 bits per heavy atom. The third-order valence-corrected chi connectivity index (χ3v) is 3.79. The molecular weight excluding hydrogens is 352 g/mol. The van der Waals surface area contributed by atoms with Crippen LogP contribution in [-0.2, 0) is 0 Å². The Balaban J connectivity index is 1.63. The zero-order valence-corrected chi connectivity index (χ0v) is 14.8. The highest BCUT2D eigenvalue weighted by Crippen LogP contribution is 2.21. The van der Waals surface area contributed by atoms with Crippen LogP contribution in [0.4, 0.5) is 0 Å². The smallest absolute Gasteiger partial charge is 0.289 e. The van der Waals surface area contributed by atoms with Gasteiger partial charge in [0, 0.05) is 10.6 Å². The van der Waals surface area contributed by atoms with Crippen molar-refractivity contribution in [2.45, 2.75) is 6.92 Å². The summed E-state index contributed by atoms with van der Waals surface area (Å²) < 4.78 is 5.41. The molecule has 132 valence electrons. The third-order valence-electron chi connectivity index (χ3n) is 3.53. The highest BCUT2D eigenvalue weighted by molar-refractivity contribution is 6.30. The molecule has 26 heavy (non-hydrogen) atoms. The Bertz CT molecular complexity index is 902. The van der Waals surface area contributed by atoms with Crippen molar-refractivity contribution < 1.29 is 9.53 Å². The zero-order valence-electron chi connectivity index (χ0n) is 14.1. The molecule has 1 amide bonds. The van der Waals surface area contributed by atoms with Crippen molar-refractivity contribution in [2.75, 3.05) is 6.61 Å². The number of hydrazone groups is 1. The summed E-state index contributed by atoms with van der Waals surface area (Å²) in [5.41, 5.74) is 5.16. The number of aromatic amines is 1. The Labute approximate surface area is 155 Å². The van der Waals surface area contributed by atoms with Gasteiger partial charge < -0.3 is 4.74 Å². The fraction of sp³-hybridized carbons (Fsp3) is 0.105. The van der Waals surface area contributed by atoms with Crippen molar-refractivity contribution in [2.24, 2.45) is 5.10 Å². The molecule has 0 aliphatic carbocycles. The Hall–Kier alpha value is -3.12. The van der Waals surface area contributed by atoms with Gasteiger partial charge in [0.25, 0.3) is 5.91 Å². The van der Waals surface area contributed by atoms with Gasteiger partial charge in [0.1, 0.15) is 11.4 Å². The van der Waals surface area contributed by atoms with E-state index in [4.69, 9.17) is 16.3 Å². The van der Waals surface area contributed by atoms with Crippen molar-refractivity contribution in [3.05, 3.63) is 70.9 Å². The number of carbonyl (C=O) groups excluding carboxylic acids is 1. The topological polar surface area (TPSA) is 79.4 Å². The van der Waals surface area contributed by atoms with Gasteiger partial charge >= 0.3 is 0 Å². The zero-order chi connectivity index (χ0) is 18.4. The number of rotatable bonds is 6. The number of ether oxygens (including phenoxy) is 1. The van der Waals surface area contributed by atoms with Crippen molar-refractivity contribution in [1.82, 2.24) is 15.6 Å². The third kappa shape index (κ3) is 4.49. The second-order valence-electron chi connectivity index (χ2n) is 5.37. The Morgan fingerprint density at radius 2 is 1.96 bits per heavy atom. The van der Waals surface area contributed by atoms with E-state index in [1.54, 1.807) is 30.3 Å². The van der Waals surface area contributed by atoms with Gasteiger partial charge in [0.2, 0.25) is 0 Å². The van der Waals surface area contributed by atoms with E-state index < -0.39 is 0 Å². The predicted octanol–water partition coefficient (Wildman–Crippen LogP) is 3.89. The number of H-pyrrole nitrogens is 1. The number of nitrogens with one attached hydrogen (secondary N) is 2. The van der Waals surface area contributed by atoms with Crippen LogP contribution in [0, 0.1) is 0 Å². The summed E-state index contributed by atoms with van der Waals surface area (Å²) in [6.45, 7) is 2.55. The van der Waals surface area contributed by atoms with Crippen LogP contribution in [0.1, 0.15) is 23.0 Å². The monoisotopic (exact) mass is 368 g/mol. The number of benzene rings is 2. The van der Waals surface area contributed by atoms with Gasteiger partial charge in [0.15, 0.2) is 0 Å². The summed E-state index contributed by atoms with van der Waals surface area (Å²) in [6.07, 6.45) is 1.54. The fourth-order valence-electron chi connectivity index (χ4n) is 2.25. The molecule has 0 saturated carbocycles. The lowest BCUT2D eigenvalue weighted by Gasteiger charge is -2.02. The second-order valence-corrected chi connectivity index (χ2v) is 5.81. The molecule has 0 saturated heterocycles. The molecule has 2 aromatic carbocycles. The van der Waals surface area contributed by atoms with Gasteiger partial charge in [-0.15, -0.1) is 0 Å². The Morgan fingerprint density at radius 1 is 1.23 bits per heavy atom. The largest absolute Gasteiger partial charge is 0.494 e. The number of nitrogens with zero attached hydrogens (tertiary/aromatic N) is 2. The molecule has 0 radical (unpaired) electrons. The molecule has 6 nitrogen and oxygen atoms in total. The summed E-state index contributed by atoms with van der Waals surface area (Å²) in [7, 11) is 0. The maximum Gasteiger partial charge on any atom is 0.289 e. The van der Waals surface area contributed by atoms with E-state index in [-0.39, 0.29) is 5.91 Å². The van der Waals surface area contributed by atoms with Crippen molar-refractivity contribution in [1.29, 1.82) is 0 Å². The molecule has 0 aliphatic heterocycles. The minimum absolute atomic E-state index is 0.321. The summed E-state index contributed by atoms with van der Waals surface area (Å²) >= 11 is 5.82. The first kappa shape index (κ1) is 17.7. The Kier molecular flexibility index (Phi) is 5.66. The maximum absolute atomic E-state index is 12.1. The van der Waals surface area contributed by atoms with E-state index in [0.29, 0.717) is 23.0 Å². The molecular formula is C19H17ClN4O2. The van der Waals surface area contributed by atoms with Crippen LogP contribution in [0.5, 0.6) is 5.75 Å². The fourth-order valence-corrected chi connectivity index (χ4v) is 2.38. The molecule has 0 unspecified atom stereocenters. The van der Waals surface area contributed by atoms with Crippen molar-refractivity contribution in [3.63, 3.8) is 0 Å². The minimum atomic E-state index is -0.375. The lowest BCUT2D eigenvalue weighted by Crippen LogP contribution is -2.17. The highest BCUT2D eigenvalue weighted by Gasteiger charge is 2.10. The standard InChI is InChI=1S/C19H17ClN4O2/c1-2-26-16-9-5-14(6-10-16)17-11-18(23-22-17)19(25)24-21-12-13-3-7-15(20)8-4-13/h3-12H,2H2,1H3,(H,22,23)(H,24,25). The van der Waals surface area contributed by atoms with Gasteiger partial charge in [-0.3, -0.25) is 9.89 Å². The van der Waals surface area contributed by atoms with E-state index >= 15 is 0 Å². The van der Waals surface area contributed by atoms with Gasteiger partial charge in [-0.25, -0.2) is 5.43 Å². The molecule has 0 atom stereocenters. The SMILES string of the molecule is CCOc1ccc(-c2cc(C(=O)NN=Cc3ccc(Cl)cc3)[nH]n2)cc1. The second kappa shape index (κ2) is 8.31. The maximum atomic E-state index is 12.1. The predicted molar refractivity (Wildman–Crippen MR) is 102 cm³/mol. The minimum Gasteiger partial charge on any atom is -0.494 e. The van der Waals surface area contributed by atoms with Gasteiger partial charge in [-0.1, -0.05) is 23.7 Å². The number of amides is 1. The van der Waals surface area contributed by atoms with Crippen LogP contribution in [-0.4, -0.2) is 28.9 Å². The average Bonchev–Trinajstić information content (AvgIpc) is 3.14. The molecule has 2 N–H and O–H groups in total. The number of aromatic nitrogens is 2. The van der Waals surface area contributed by atoms with E-state index in [1.807, 2.05) is 31.2 Å². The average molecular weight is 369 g/mol. The molecule has 1 heterocycles. The summed E-state index contributed by atoms with van der Waals surface area (Å²) in [4.78, 5) is 12.1.